The van der Waals surface area contributed by atoms with Crippen molar-refractivity contribution in [2.45, 2.75) is 0 Å². The van der Waals surface area contributed by atoms with Gasteiger partial charge in [0.15, 0.2) is 0 Å². The molecule has 0 fully saturated rings. The van der Waals surface area contributed by atoms with Crippen molar-refractivity contribution in [1.82, 2.24) is 4.57 Å². The fourth-order valence-corrected chi connectivity index (χ4v) is 2.27. The van der Waals surface area contributed by atoms with Crippen LogP contribution in [0.1, 0.15) is 0 Å². The van der Waals surface area contributed by atoms with Crippen molar-refractivity contribution in [3.8, 4) is 11.3 Å². The fraction of sp³-hybridized carbons (Fsp3) is 0.0833. The molecule has 2 nitrogen and oxygen atoms in total. The van der Waals surface area contributed by atoms with Crippen molar-refractivity contribution in [2.24, 2.45) is 7.05 Å². The van der Waals surface area contributed by atoms with E-state index < -0.39 is 5.82 Å². The van der Waals surface area contributed by atoms with Gasteiger partial charge in [-0.15, -0.1) is 0 Å². The summed E-state index contributed by atoms with van der Waals surface area (Å²) < 4.78 is 15.8. The Morgan fingerprint density at radius 2 is 2.00 bits per heavy atom. The van der Waals surface area contributed by atoms with Crippen LogP contribution in [-0.4, -0.2) is 4.57 Å². The molecule has 17 heavy (non-hydrogen) atoms. The van der Waals surface area contributed by atoms with Gasteiger partial charge >= 0.3 is 0 Å². The molecule has 0 aliphatic rings. The number of halogens is 3. The molecular weight excluding hydrogens is 355 g/mol. The topological polar surface area (TPSA) is 22.0 Å². The smallest absolute Gasteiger partial charge is 0.264 e. The molecule has 0 spiro atoms. The van der Waals surface area contributed by atoms with Crippen LogP contribution < -0.4 is 5.56 Å². The van der Waals surface area contributed by atoms with Gasteiger partial charge in [0.05, 0.1) is 9.26 Å². The average Bonchev–Trinajstić information content (AvgIpc) is 2.28. The summed E-state index contributed by atoms with van der Waals surface area (Å²) in [7, 11) is 1.62. The fourth-order valence-electron chi connectivity index (χ4n) is 1.57. The van der Waals surface area contributed by atoms with E-state index in [4.69, 9.17) is 11.6 Å². The molecule has 2 aromatic rings. The monoisotopic (exact) mass is 363 g/mol. The zero-order chi connectivity index (χ0) is 12.6. The lowest BCUT2D eigenvalue weighted by Crippen LogP contribution is -2.20. The highest BCUT2D eigenvalue weighted by Gasteiger charge is 2.10. The Morgan fingerprint density at radius 3 is 2.65 bits per heavy atom. The molecule has 1 aromatic carbocycles. The molecule has 0 bridgehead atoms. The Balaban J connectivity index is 2.69. The van der Waals surface area contributed by atoms with Crippen molar-refractivity contribution < 1.29 is 4.39 Å². The summed E-state index contributed by atoms with van der Waals surface area (Å²) in [6.07, 6.45) is 0. The average molecular weight is 364 g/mol. The van der Waals surface area contributed by atoms with Crippen LogP contribution >= 0.6 is 34.2 Å². The van der Waals surface area contributed by atoms with Crippen LogP contribution in [0.3, 0.4) is 0 Å². The van der Waals surface area contributed by atoms with E-state index in [0.717, 1.165) is 0 Å². The van der Waals surface area contributed by atoms with E-state index in [-0.39, 0.29) is 5.56 Å². The minimum Gasteiger partial charge on any atom is -0.310 e. The molecule has 0 saturated heterocycles. The van der Waals surface area contributed by atoms with Crippen LogP contribution in [0, 0.1) is 9.39 Å². The largest absolute Gasteiger partial charge is 0.310 e. The van der Waals surface area contributed by atoms with Gasteiger partial charge in [-0.25, -0.2) is 4.39 Å². The summed E-state index contributed by atoms with van der Waals surface area (Å²) >= 11 is 7.64. The first-order valence-corrected chi connectivity index (χ1v) is 6.27. The van der Waals surface area contributed by atoms with Gasteiger partial charge in [-0.05, 0) is 52.9 Å². The minimum atomic E-state index is -0.436. The third-order valence-corrected chi connectivity index (χ3v) is 3.52. The van der Waals surface area contributed by atoms with Gasteiger partial charge in [-0.3, -0.25) is 4.79 Å². The highest BCUT2D eigenvalue weighted by molar-refractivity contribution is 14.1. The zero-order valence-corrected chi connectivity index (χ0v) is 11.8. The molecule has 0 N–H and O–H groups in total. The van der Waals surface area contributed by atoms with E-state index in [2.05, 4.69) is 0 Å². The third kappa shape index (κ3) is 2.37. The van der Waals surface area contributed by atoms with Crippen LogP contribution in [0.2, 0.25) is 5.02 Å². The van der Waals surface area contributed by atoms with Gasteiger partial charge in [-0.1, -0.05) is 11.6 Å². The number of pyridine rings is 1. The summed E-state index contributed by atoms with van der Waals surface area (Å²) in [5, 5.41) is 0.335. The summed E-state index contributed by atoms with van der Waals surface area (Å²) in [4.78, 5) is 11.7. The zero-order valence-electron chi connectivity index (χ0n) is 8.88. The summed E-state index contributed by atoms with van der Waals surface area (Å²) in [6.45, 7) is 0. The first-order valence-electron chi connectivity index (χ1n) is 4.81. The van der Waals surface area contributed by atoms with E-state index in [9.17, 15) is 9.18 Å². The van der Waals surface area contributed by atoms with Crippen LogP contribution in [0.15, 0.2) is 35.1 Å². The lowest BCUT2D eigenvalue weighted by atomic mass is 10.1. The van der Waals surface area contributed by atoms with Crippen molar-refractivity contribution in [1.29, 1.82) is 0 Å². The van der Waals surface area contributed by atoms with Gasteiger partial charge in [0.25, 0.3) is 5.56 Å². The quantitative estimate of drug-likeness (QED) is 0.711. The van der Waals surface area contributed by atoms with E-state index in [1.807, 2.05) is 22.6 Å². The molecule has 1 heterocycles. The molecule has 1 aromatic heterocycles. The summed E-state index contributed by atoms with van der Waals surface area (Å²) in [5.41, 5.74) is 0.757. The molecule has 0 unspecified atom stereocenters. The lowest BCUT2D eigenvalue weighted by Gasteiger charge is -2.09. The van der Waals surface area contributed by atoms with Crippen molar-refractivity contribution in [3.05, 3.63) is 55.1 Å². The molecule has 0 atom stereocenters. The van der Waals surface area contributed by atoms with Crippen molar-refractivity contribution >= 4 is 34.2 Å². The Labute approximate surface area is 116 Å². The van der Waals surface area contributed by atoms with Crippen molar-refractivity contribution in [2.75, 3.05) is 0 Å². The Hall–Kier alpha value is -0.880. The molecule has 0 aliphatic carbocycles. The summed E-state index contributed by atoms with van der Waals surface area (Å²) in [6, 6.07) is 7.79. The SMILES string of the molecule is Cn1c(-c2ccc(Cl)cc2F)ccc(I)c1=O. The second-order valence-corrected chi connectivity index (χ2v) is 5.15. The van der Waals surface area contributed by atoms with Crippen LogP contribution in [-0.2, 0) is 7.05 Å². The van der Waals surface area contributed by atoms with Gasteiger partial charge in [0.2, 0.25) is 0 Å². The minimum absolute atomic E-state index is 0.141. The van der Waals surface area contributed by atoms with E-state index >= 15 is 0 Å². The Bertz CT molecular complexity index is 639. The molecule has 5 heteroatoms. The summed E-state index contributed by atoms with van der Waals surface area (Å²) in [5.74, 6) is -0.436. The number of hydrogen-bond acceptors (Lipinski definition) is 1. The predicted octanol–water partition coefficient (Wildman–Crippen LogP) is 3.45. The van der Waals surface area contributed by atoms with Crippen LogP contribution in [0.5, 0.6) is 0 Å². The van der Waals surface area contributed by atoms with Crippen LogP contribution in [0.25, 0.3) is 11.3 Å². The first-order chi connectivity index (χ1) is 8.00. The number of hydrogen-bond donors (Lipinski definition) is 0. The lowest BCUT2D eigenvalue weighted by molar-refractivity contribution is 0.629. The Kier molecular flexibility index (Phi) is 3.53. The maximum absolute atomic E-state index is 13.7. The number of aromatic nitrogens is 1. The number of rotatable bonds is 1. The molecule has 0 amide bonds. The number of benzene rings is 1. The second-order valence-electron chi connectivity index (χ2n) is 3.55. The highest BCUT2D eigenvalue weighted by Crippen LogP contribution is 2.24. The number of nitrogens with zero attached hydrogens (tertiary/aromatic N) is 1. The van der Waals surface area contributed by atoms with Crippen molar-refractivity contribution in [3.63, 3.8) is 0 Å². The maximum Gasteiger partial charge on any atom is 0.264 e. The van der Waals surface area contributed by atoms with Gasteiger partial charge in [0, 0.05) is 17.6 Å². The highest BCUT2D eigenvalue weighted by atomic mass is 127. The van der Waals surface area contributed by atoms with E-state index in [1.165, 1.54) is 10.6 Å². The first kappa shape index (κ1) is 12.6. The maximum atomic E-state index is 13.7. The molecular formula is C12H8ClFINO. The van der Waals surface area contributed by atoms with Gasteiger partial charge in [-0.2, -0.15) is 0 Å². The predicted molar refractivity (Wildman–Crippen MR) is 74.8 cm³/mol. The third-order valence-electron chi connectivity index (χ3n) is 2.46. The van der Waals surface area contributed by atoms with Crippen LogP contribution in [0.4, 0.5) is 4.39 Å². The molecule has 0 aliphatic heterocycles. The molecule has 0 saturated carbocycles. The standard InChI is InChI=1S/C12H8ClFINO/c1-16-11(5-4-10(15)12(16)17)8-3-2-7(13)6-9(8)14/h2-6H,1H3. The normalized spacial score (nSPS) is 10.6. The molecule has 88 valence electrons. The van der Waals surface area contributed by atoms with Gasteiger partial charge < -0.3 is 4.57 Å². The van der Waals surface area contributed by atoms with E-state index in [1.54, 1.807) is 31.3 Å². The Morgan fingerprint density at radius 1 is 1.29 bits per heavy atom. The second kappa shape index (κ2) is 4.78. The van der Waals surface area contributed by atoms with E-state index in [0.29, 0.717) is 19.9 Å². The molecule has 2 rings (SSSR count). The van der Waals surface area contributed by atoms with Gasteiger partial charge in [0.1, 0.15) is 5.82 Å². The molecule has 0 radical (unpaired) electrons.